The van der Waals surface area contributed by atoms with E-state index in [0.29, 0.717) is 42.1 Å². The minimum atomic E-state index is -4.81. The van der Waals surface area contributed by atoms with Crippen LogP contribution in [0.1, 0.15) is 56.9 Å². The SMILES string of the molecule is N=C(c1cnc(-c2[nH]ncc2NC(=O)N2CCCCC23CC3)cc1NCC1(F)CCC1)N1CC(O)(C(F)(F)F)C1. The molecule has 2 amide bonds. The molecule has 0 radical (unpaired) electrons. The molecule has 0 unspecified atom stereocenters. The van der Waals surface area contributed by atoms with Crippen LogP contribution in [0.15, 0.2) is 18.5 Å². The van der Waals surface area contributed by atoms with E-state index in [1.54, 1.807) is 6.07 Å². The second-order valence-electron chi connectivity index (χ2n) is 11.6. The zero-order valence-corrected chi connectivity index (χ0v) is 21.9. The van der Waals surface area contributed by atoms with Crippen molar-refractivity contribution in [3.63, 3.8) is 0 Å². The molecule has 6 rings (SSSR count). The van der Waals surface area contributed by atoms with Crippen LogP contribution in [0.25, 0.3) is 11.4 Å². The lowest BCUT2D eigenvalue weighted by Crippen LogP contribution is -2.70. The fraction of sp³-hybridized carbons (Fsp3) is 0.615. The lowest BCUT2D eigenvalue weighted by Gasteiger charge is -2.48. The fourth-order valence-corrected chi connectivity index (χ4v) is 5.85. The molecule has 5 N–H and O–H groups in total. The molecular weight excluding hydrogens is 532 g/mol. The molecule has 4 fully saturated rings. The highest BCUT2D eigenvalue weighted by Gasteiger charge is 2.61. The molecule has 1 spiro atoms. The van der Waals surface area contributed by atoms with Crippen molar-refractivity contribution in [1.29, 1.82) is 5.41 Å². The van der Waals surface area contributed by atoms with Gasteiger partial charge in [0.15, 0.2) is 5.60 Å². The number of pyridine rings is 1. The van der Waals surface area contributed by atoms with Crippen LogP contribution in [-0.4, -0.2) is 91.1 Å². The van der Waals surface area contributed by atoms with E-state index < -0.39 is 30.5 Å². The first-order valence-electron chi connectivity index (χ1n) is 13.6. The Kier molecular flexibility index (Phi) is 6.24. The summed E-state index contributed by atoms with van der Waals surface area (Å²) in [5, 5.41) is 31.2. The first-order chi connectivity index (χ1) is 18.9. The summed E-state index contributed by atoms with van der Waals surface area (Å²) in [4.78, 5) is 20.6. The first-order valence-corrected chi connectivity index (χ1v) is 13.6. The number of amidine groups is 1. The highest BCUT2D eigenvalue weighted by Crippen LogP contribution is 2.48. The van der Waals surface area contributed by atoms with E-state index >= 15 is 0 Å². The molecule has 0 aromatic carbocycles. The smallest absolute Gasteiger partial charge is 0.381 e. The van der Waals surface area contributed by atoms with E-state index in [0.717, 1.165) is 43.4 Å². The minimum absolute atomic E-state index is 0.0349. The molecule has 14 heteroatoms. The number of nitrogens with zero attached hydrogens (tertiary/aromatic N) is 4. The van der Waals surface area contributed by atoms with Crippen LogP contribution < -0.4 is 10.6 Å². The zero-order valence-electron chi connectivity index (χ0n) is 21.9. The number of carbonyl (C=O) groups excluding carboxylic acids is 1. The van der Waals surface area contributed by atoms with E-state index in [-0.39, 0.29) is 29.5 Å². The number of aromatic nitrogens is 3. The van der Waals surface area contributed by atoms with Gasteiger partial charge in [0, 0.05) is 30.5 Å². The predicted molar refractivity (Wildman–Crippen MR) is 139 cm³/mol. The van der Waals surface area contributed by atoms with Crippen LogP contribution in [0.2, 0.25) is 0 Å². The standard InChI is InChI=1S/C26H32F4N8O2/c27-23(4-3-5-23)13-33-17-10-18(32-11-16(17)21(31)37-14-25(40,15-37)26(28,29)30)20-19(12-34-36-20)35-22(39)38-9-2-1-6-24(38)7-8-24/h10-12,31,40H,1-9,13-15H2,(H,32,33)(H,34,36)(H,35,39). The van der Waals surface area contributed by atoms with Gasteiger partial charge >= 0.3 is 12.2 Å². The number of anilines is 2. The Morgan fingerprint density at radius 3 is 2.50 bits per heavy atom. The second kappa shape index (κ2) is 9.32. The lowest BCUT2D eigenvalue weighted by molar-refractivity contribution is -0.292. The van der Waals surface area contributed by atoms with Crippen molar-refractivity contribution in [3.8, 4) is 11.4 Å². The van der Waals surface area contributed by atoms with Crippen molar-refractivity contribution >= 4 is 23.2 Å². The topological polar surface area (TPSA) is 133 Å². The molecule has 216 valence electrons. The molecule has 4 heterocycles. The molecule has 2 aliphatic carbocycles. The number of amides is 2. The van der Waals surface area contributed by atoms with Gasteiger partial charge in [-0.3, -0.25) is 15.5 Å². The van der Waals surface area contributed by atoms with Crippen LogP contribution in [0, 0.1) is 5.41 Å². The maximum atomic E-state index is 14.9. The summed E-state index contributed by atoms with van der Waals surface area (Å²) in [5.41, 5.74) is -2.70. The summed E-state index contributed by atoms with van der Waals surface area (Å²) in [7, 11) is 0. The molecule has 2 aliphatic heterocycles. The van der Waals surface area contributed by atoms with Crippen molar-refractivity contribution < 1.29 is 27.5 Å². The largest absolute Gasteiger partial charge is 0.420 e. The van der Waals surface area contributed by atoms with Crippen molar-refractivity contribution in [3.05, 3.63) is 24.0 Å². The van der Waals surface area contributed by atoms with Crippen molar-refractivity contribution in [1.82, 2.24) is 25.0 Å². The lowest BCUT2D eigenvalue weighted by atomic mass is 9.82. The predicted octanol–water partition coefficient (Wildman–Crippen LogP) is 4.26. The number of nitrogens with one attached hydrogen (secondary N) is 4. The average molecular weight is 565 g/mol. The Labute approximate surface area is 228 Å². The number of aromatic amines is 1. The Morgan fingerprint density at radius 2 is 1.85 bits per heavy atom. The number of H-pyrrole nitrogens is 1. The molecular formula is C26H32F4N8O2. The summed E-state index contributed by atoms with van der Waals surface area (Å²) < 4.78 is 54.3. The van der Waals surface area contributed by atoms with Gasteiger partial charge in [0.25, 0.3) is 0 Å². The number of halogens is 4. The molecule has 0 atom stereocenters. The van der Waals surface area contributed by atoms with Gasteiger partial charge < -0.3 is 25.5 Å². The molecule has 2 aromatic rings. The van der Waals surface area contributed by atoms with Gasteiger partial charge in [-0.25, -0.2) is 9.18 Å². The van der Waals surface area contributed by atoms with Gasteiger partial charge in [0.1, 0.15) is 17.2 Å². The van der Waals surface area contributed by atoms with E-state index in [9.17, 15) is 27.5 Å². The van der Waals surface area contributed by atoms with Crippen molar-refractivity contribution in [2.45, 2.75) is 74.4 Å². The number of β-amino-alcohol motifs (C(OH)–C–C–N with tert-alkyl or cyclic N) is 1. The highest BCUT2D eigenvalue weighted by atomic mass is 19.4. The maximum absolute atomic E-state index is 14.9. The maximum Gasteiger partial charge on any atom is 0.420 e. The quantitative estimate of drug-likeness (QED) is 0.202. The van der Waals surface area contributed by atoms with Crippen LogP contribution in [-0.2, 0) is 0 Å². The zero-order chi connectivity index (χ0) is 28.3. The van der Waals surface area contributed by atoms with E-state index in [1.807, 2.05) is 4.90 Å². The van der Waals surface area contributed by atoms with Crippen LogP contribution in [0.5, 0.6) is 0 Å². The fourth-order valence-electron chi connectivity index (χ4n) is 5.85. The van der Waals surface area contributed by atoms with Crippen LogP contribution in [0.4, 0.5) is 33.7 Å². The monoisotopic (exact) mass is 564 g/mol. The molecule has 4 aliphatic rings. The van der Waals surface area contributed by atoms with Gasteiger partial charge in [0.05, 0.1) is 36.2 Å². The molecule has 10 nitrogen and oxygen atoms in total. The van der Waals surface area contributed by atoms with Crippen molar-refractivity contribution in [2.75, 3.05) is 36.8 Å². The summed E-state index contributed by atoms with van der Waals surface area (Å²) in [6, 6.07) is 1.35. The Bertz CT molecular complexity index is 1310. The Hall–Kier alpha value is -3.42. The summed E-state index contributed by atoms with van der Waals surface area (Å²) in [5.74, 6) is -0.269. The van der Waals surface area contributed by atoms with Gasteiger partial charge in [-0.2, -0.15) is 18.3 Å². The highest BCUT2D eigenvalue weighted by molar-refractivity contribution is 6.02. The average Bonchev–Trinajstić information content (AvgIpc) is 3.48. The number of piperidine rings is 1. The third kappa shape index (κ3) is 4.65. The van der Waals surface area contributed by atoms with Gasteiger partial charge in [-0.1, -0.05) is 0 Å². The van der Waals surface area contributed by atoms with E-state index in [1.165, 1.54) is 12.4 Å². The number of likely N-dealkylation sites (tertiary alicyclic amines) is 2. The van der Waals surface area contributed by atoms with E-state index in [2.05, 4.69) is 25.8 Å². The molecule has 40 heavy (non-hydrogen) atoms. The third-order valence-corrected chi connectivity index (χ3v) is 8.81. The summed E-state index contributed by atoms with van der Waals surface area (Å²) in [6.45, 7) is -0.906. The van der Waals surface area contributed by atoms with Crippen LogP contribution in [0.3, 0.4) is 0 Å². The first kappa shape index (κ1) is 26.8. The molecule has 2 saturated heterocycles. The molecule has 2 aromatic heterocycles. The van der Waals surface area contributed by atoms with Crippen molar-refractivity contribution in [2.24, 2.45) is 0 Å². The number of hydrogen-bond donors (Lipinski definition) is 5. The van der Waals surface area contributed by atoms with E-state index in [4.69, 9.17) is 5.41 Å². The number of rotatable bonds is 6. The number of alkyl halides is 4. The third-order valence-electron chi connectivity index (χ3n) is 8.81. The Morgan fingerprint density at radius 1 is 1.10 bits per heavy atom. The summed E-state index contributed by atoms with van der Waals surface area (Å²) >= 11 is 0. The minimum Gasteiger partial charge on any atom is -0.381 e. The number of aliphatic hydroxyl groups is 1. The van der Waals surface area contributed by atoms with Gasteiger partial charge in [-0.05, 0) is 57.4 Å². The summed E-state index contributed by atoms with van der Waals surface area (Å²) in [6.07, 6.45) is 4.59. The van der Waals surface area contributed by atoms with Gasteiger partial charge in [-0.15, -0.1) is 0 Å². The number of carbonyl (C=O) groups is 1. The second-order valence-corrected chi connectivity index (χ2v) is 11.6. The van der Waals surface area contributed by atoms with Crippen LogP contribution >= 0.6 is 0 Å². The Balaban J connectivity index is 1.24. The van der Waals surface area contributed by atoms with Gasteiger partial charge in [0.2, 0.25) is 0 Å². The number of hydrogen-bond acceptors (Lipinski definition) is 6. The molecule has 0 bridgehead atoms. The number of urea groups is 1. The normalized spacial score (nSPS) is 22.3. The molecule has 2 saturated carbocycles.